The standard InChI is InChI=1S/C13H28S7/c1-15-5-2-7-17-12-19-9-4-10-20-13-18-8-3-6-16-11-14/h14H,2-13H2,1H3. The fourth-order valence-corrected chi connectivity index (χ4v) is 7.32. The van der Waals surface area contributed by atoms with Crippen LogP contribution in [0.25, 0.3) is 0 Å². The average Bonchev–Trinajstić information content (AvgIpc) is 2.47. The van der Waals surface area contributed by atoms with Crippen molar-refractivity contribution in [2.45, 2.75) is 19.3 Å². The lowest BCUT2D eigenvalue weighted by atomic mass is 10.6. The van der Waals surface area contributed by atoms with Crippen molar-refractivity contribution in [1.29, 1.82) is 0 Å². The number of rotatable bonds is 17. The van der Waals surface area contributed by atoms with E-state index in [1.165, 1.54) is 63.9 Å². The first-order valence-electron chi connectivity index (χ1n) is 6.90. The maximum Gasteiger partial charge on any atom is 0.0392 e. The van der Waals surface area contributed by atoms with Crippen LogP contribution in [0.15, 0.2) is 0 Å². The quantitative estimate of drug-likeness (QED) is 0.177. The van der Waals surface area contributed by atoms with Gasteiger partial charge in [-0.2, -0.15) is 83.2 Å². The summed E-state index contributed by atoms with van der Waals surface area (Å²) in [6, 6.07) is 0. The van der Waals surface area contributed by atoms with Crippen LogP contribution < -0.4 is 0 Å². The highest BCUT2D eigenvalue weighted by atomic mass is 32.2. The Labute approximate surface area is 157 Å². The van der Waals surface area contributed by atoms with Gasteiger partial charge in [0.1, 0.15) is 0 Å². The van der Waals surface area contributed by atoms with Gasteiger partial charge in [0, 0.05) is 15.3 Å². The first kappa shape index (κ1) is 22.4. The zero-order valence-electron chi connectivity index (χ0n) is 12.4. The Morgan fingerprint density at radius 1 is 0.600 bits per heavy atom. The maximum atomic E-state index is 4.20. The third-order valence-corrected chi connectivity index (χ3v) is 9.20. The molecule has 0 heterocycles. The molecule has 122 valence electrons. The molecule has 7 heteroatoms. The molecule has 0 nitrogen and oxygen atoms in total. The molecule has 0 saturated carbocycles. The van der Waals surface area contributed by atoms with Crippen LogP contribution in [0.5, 0.6) is 0 Å². The van der Waals surface area contributed by atoms with Crippen LogP contribution in [0.4, 0.5) is 0 Å². The van der Waals surface area contributed by atoms with Crippen molar-refractivity contribution in [1.82, 2.24) is 0 Å². The van der Waals surface area contributed by atoms with Crippen molar-refractivity contribution in [2.75, 3.05) is 56.0 Å². The number of thiol groups is 1. The van der Waals surface area contributed by atoms with Gasteiger partial charge in [-0.05, 0) is 60.0 Å². The third kappa shape index (κ3) is 20.5. The zero-order valence-corrected chi connectivity index (χ0v) is 18.2. The Morgan fingerprint density at radius 3 is 1.40 bits per heavy atom. The molecule has 0 aliphatic carbocycles. The molecule has 0 atom stereocenters. The number of thioether (sulfide) groups is 6. The van der Waals surface area contributed by atoms with Gasteiger partial charge in [0.15, 0.2) is 0 Å². The molecule has 0 unspecified atom stereocenters. The first-order valence-corrected chi connectivity index (χ1v) is 14.7. The van der Waals surface area contributed by atoms with Crippen LogP contribution in [-0.2, 0) is 0 Å². The Bertz CT molecular complexity index is 151. The third-order valence-electron chi connectivity index (χ3n) is 2.22. The van der Waals surface area contributed by atoms with Crippen molar-refractivity contribution in [3.63, 3.8) is 0 Å². The second kappa shape index (κ2) is 21.4. The van der Waals surface area contributed by atoms with Gasteiger partial charge in [-0.1, -0.05) is 0 Å². The molecule has 0 aromatic carbocycles. The van der Waals surface area contributed by atoms with Crippen LogP contribution in [0.2, 0.25) is 0 Å². The molecule has 0 aromatic rings. The lowest BCUT2D eigenvalue weighted by Gasteiger charge is -2.03. The van der Waals surface area contributed by atoms with E-state index in [9.17, 15) is 0 Å². The Hall–Kier alpha value is 2.45. The second-order valence-corrected chi connectivity index (χ2v) is 11.9. The monoisotopic (exact) mass is 408 g/mol. The lowest BCUT2D eigenvalue weighted by Crippen LogP contribution is -1.88. The maximum absolute atomic E-state index is 4.20. The van der Waals surface area contributed by atoms with Crippen molar-refractivity contribution >= 4 is 83.2 Å². The molecule has 0 radical (unpaired) electrons. The summed E-state index contributed by atoms with van der Waals surface area (Å²) in [5.74, 6) is 7.92. The predicted octanol–water partition coefficient (Wildman–Crippen LogP) is 5.99. The highest BCUT2D eigenvalue weighted by Crippen LogP contribution is 2.18. The van der Waals surface area contributed by atoms with E-state index >= 15 is 0 Å². The summed E-state index contributed by atoms with van der Waals surface area (Å²) >= 11 is 16.5. The minimum atomic E-state index is 0.965. The minimum Gasteiger partial charge on any atom is -0.168 e. The van der Waals surface area contributed by atoms with Crippen molar-refractivity contribution in [2.24, 2.45) is 0 Å². The fraction of sp³-hybridized carbons (Fsp3) is 1.00. The Morgan fingerprint density at radius 2 is 1.00 bits per heavy atom. The van der Waals surface area contributed by atoms with E-state index in [1.54, 1.807) is 0 Å². The summed E-state index contributed by atoms with van der Waals surface area (Å²) < 4.78 is 0. The van der Waals surface area contributed by atoms with E-state index in [1.807, 2.05) is 23.5 Å². The molecule has 0 N–H and O–H groups in total. The SMILES string of the molecule is CSCCCSCSCCCSCSCCCSCS. The number of hydrogen-bond acceptors (Lipinski definition) is 7. The average molecular weight is 409 g/mol. The molecule has 0 spiro atoms. The molecule has 0 amide bonds. The molecule has 0 aliphatic heterocycles. The summed E-state index contributed by atoms with van der Waals surface area (Å²) in [5, 5.41) is 3.53. The van der Waals surface area contributed by atoms with Crippen LogP contribution in [0.3, 0.4) is 0 Å². The van der Waals surface area contributed by atoms with Crippen molar-refractivity contribution in [3.05, 3.63) is 0 Å². The topological polar surface area (TPSA) is 0 Å². The van der Waals surface area contributed by atoms with E-state index in [0.717, 1.165) is 5.08 Å². The molecule has 0 rings (SSSR count). The van der Waals surface area contributed by atoms with Crippen LogP contribution >= 0.6 is 83.2 Å². The van der Waals surface area contributed by atoms with Gasteiger partial charge in [0.2, 0.25) is 0 Å². The van der Waals surface area contributed by atoms with Gasteiger partial charge in [-0.3, -0.25) is 0 Å². The van der Waals surface area contributed by atoms with Crippen LogP contribution in [0.1, 0.15) is 19.3 Å². The van der Waals surface area contributed by atoms with Crippen LogP contribution in [0, 0.1) is 0 Å². The molecular weight excluding hydrogens is 381 g/mol. The minimum absolute atomic E-state index is 0.965. The number of hydrogen-bond donors (Lipinski definition) is 1. The summed E-state index contributed by atoms with van der Waals surface area (Å²) in [6.45, 7) is 0. The highest BCUT2D eigenvalue weighted by Gasteiger charge is 1.94. The normalized spacial score (nSPS) is 11.1. The largest absolute Gasteiger partial charge is 0.168 e. The van der Waals surface area contributed by atoms with Gasteiger partial charge in [0.05, 0.1) is 0 Å². The Balaban J connectivity index is 2.89. The van der Waals surface area contributed by atoms with Gasteiger partial charge in [-0.25, -0.2) is 0 Å². The molecule has 0 aliphatic rings. The molecular formula is C13H28S7. The van der Waals surface area contributed by atoms with Gasteiger partial charge >= 0.3 is 0 Å². The smallest absolute Gasteiger partial charge is 0.0392 e. The van der Waals surface area contributed by atoms with E-state index < -0.39 is 0 Å². The van der Waals surface area contributed by atoms with E-state index in [-0.39, 0.29) is 0 Å². The van der Waals surface area contributed by atoms with Crippen molar-refractivity contribution < 1.29 is 0 Å². The second-order valence-electron chi connectivity index (χ2n) is 3.96. The van der Waals surface area contributed by atoms with Gasteiger partial charge in [-0.15, -0.1) is 0 Å². The summed E-state index contributed by atoms with van der Waals surface area (Å²) in [7, 11) is 0. The highest BCUT2D eigenvalue weighted by molar-refractivity contribution is 8.16. The van der Waals surface area contributed by atoms with E-state index in [4.69, 9.17) is 0 Å². The van der Waals surface area contributed by atoms with E-state index in [0.29, 0.717) is 0 Å². The fourth-order valence-electron chi connectivity index (χ4n) is 1.25. The summed E-state index contributed by atoms with van der Waals surface area (Å²) in [4.78, 5) is 0. The van der Waals surface area contributed by atoms with E-state index in [2.05, 4.69) is 65.9 Å². The summed E-state index contributed by atoms with van der Waals surface area (Å²) in [6.07, 6.45) is 6.26. The molecule has 20 heavy (non-hydrogen) atoms. The molecule has 0 saturated heterocycles. The predicted molar refractivity (Wildman–Crippen MR) is 118 cm³/mol. The molecule has 0 fully saturated rings. The zero-order chi connectivity index (χ0) is 14.7. The summed E-state index contributed by atoms with van der Waals surface area (Å²) in [5.41, 5.74) is 0. The first-order chi connectivity index (χ1) is 9.91. The van der Waals surface area contributed by atoms with Gasteiger partial charge in [0.25, 0.3) is 0 Å². The Kier molecular flexibility index (Phi) is 24.1. The van der Waals surface area contributed by atoms with Gasteiger partial charge < -0.3 is 0 Å². The van der Waals surface area contributed by atoms with Crippen molar-refractivity contribution in [3.8, 4) is 0 Å². The van der Waals surface area contributed by atoms with Crippen LogP contribution in [-0.4, -0.2) is 56.0 Å². The molecule has 0 bridgehead atoms. The molecule has 0 aromatic heterocycles. The lowest BCUT2D eigenvalue weighted by molar-refractivity contribution is 1.12.